The van der Waals surface area contributed by atoms with E-state index < -0.39 is 47.9 Å². The SMILES string of the molecule is OCC1(Nc2ncc(C(F)(F)F)cc2OC(F)F)CCCOc2c(F)cccc21. The number of nitrogens with zero attached hydrogens (tertiary/aromatic N) is 1. The predicted octanol–water partition coefficient (Wildman–Crippen LogP) is 4.31. The fourth-order valence-electron chi connectivity index (χ4n) is 3.15. The number of nitrogens with one attached hydrogen (secondary N) is 1. The Bertz CT molecular complexity index is 877. The Morgan fingerprint density at radius 2 is 2.07 bits per heavy atom. The highest BCUT2D eigenvalue weighted by atomic mass is 19.4. The van der Waals surface area contributed by atoms with Crippen molar-refractivity contribution in [2.75, 3.05) is 18.5 Å². The molecule has 0 bridgehead atoms. The van der Waals surface area contributed by atoms with E-state index in [1.807, 2.05) is 0 Å². The van der Waals surface area contributed by atoms with Gasteiger partial charge in [0.2, 0.25) is 0 Å². The van der Waals surface area contributed by atoms with Gasteiger partial charge in [0, 0.05) is 11.8 Å². The van der Waals surface area contributed by atoms with Gasteiger partial charge in [-0.2, -0.15) is 22.0 Å². The third-order valence-corrected chi connectivity index (χ3v) is 4.50. The van der Waals surface area contributed by atoms with Crippen LogP contribution in [0, 0.1) is 5.82 Å². The van der Waals surface area contributed by atoms with Crippen molar-refractivity contribution in [3.05, 3.63) is 47.4 Å². The van der Waals surface area contributed by atoms with Crippen LogP contribution in [0.1, 0.15) is 24.0 Å². The van der Waals surface area contributed by atoms with Gasteiger partial charge in [0.1, 0.15) is 0 Å². The molecular formula is C18H16F6N2O3. The van der Waals surface area contributed by atoms with Crippen LogP contribution in [0.5, 0.6) is 11.5 Å². The number of pyridine rings is 1. The van der Waals surface area contributed by atoms with Gasteiger partial charge < -0.3 is 19.9 Å². The lowest BCUT2D eigenvalue weighted by molar-refractivity contribution is -0.138. The van der Waals surface area contributed by atoms with Crippen LogP contribution in [0.3, 0.4) is 0 Å². The fraction of sp³-hybridized carbons (Fsp3) is 0.389. The number of ether oxygens (including phenoxy) is 2. The largest absolute Gasteiger partial charge is 0.490 e. The molecule has 1 unspecified atom stereocenters. The number of hydrogen-bond donors (Lipinski definition) is 2. The van der Waals surface area contributed by atoms with E-state index in [0.29, 0.717) is 18.7 Å². The van der Waals surface area contributed by atoms with E-state index in [9.17, 15) is 31.4 Å². The van der Waals surface area contributed by atoms with Crippen LogP contribution in [0.2, 0.25) is 0 Å². The second-order valence-electron chi connectivity index (χ2n) is 6.38. The van der Waals surface area contributed by atoms with Crippen molar-refractivity contribution in [1.82, 2.24) is 4.98 Å². The molecule has 1 aliphatic heterocycles. The summed E-state index contributed by atoms with van der Waals surface area (Å²) in [6.45, 7) is -3.92. The molecule has 0 saturated carbocycles. The summed E-state index contributed by atoms with van der Waals surface area (Å²) < 4.78 is 88.1. The maximum atomic E-state index is 14.2. The van der Waals surface area contributed by atoms with Crippen LogP contribution in [-0.2, 0) is 11.7 Å². The van der Waals surface area contributed by atoms with Gasteiger partial charge >= 0.3 is 12.8 Å². The molecule has 5 nitrogen and oxygen atoms in total. The molecule has 0 aliphatic carbocycles. The summed E-state index contributed by atoms with van der Waals surface area (Å²) in [6, 6.07) is 4.36. The molecule has 0 amide bonds. The average molecular weight is 422 g/mol. The highest BCUT2D eigenvalue weighted by molar-refractivity contribution is 5.56. The maximum absolute atomic E-state index is 14.2. The molecule has 2 N–H and O–H groups in total. The highest BCUT2D eigenvalue weighted by Gasteiger charge is 2.39. The van der Waals surface area contributed by atoms with E-state index in [2.05, 4.69) is 15.0 Å². The first-order valence-corrected chi connectivity index (χ1v) is 8.49. The van der Waals surface area contributed by atoms with E-state index in [1.165, 1.54) is 12.1 Å². The van der Waals surface area contributed by atoms with Crippen molar-refractivity contribution < 1.29 is 40.9 Å². The number of halogens is 6. The Kier molecular flexibility index (Phi) is 5.78. The molecule has 2 aromatic rings. The topological polar surface area (TPSA) is 63.6 Å². The number of hydrogen-bond acceptors (Lipinski definition) is 5. The van der Waals surface area contributed by atoms with Crippen molar-refractivity contribution in [3.8, 4) is 11.5 Å². The average Bonchev–Trinajstić information content (AvgIpc) is 2.83. The van der Waals surface area contributed by atoms with Crippen LogP contribution in [0.4, 0.5) is 32.2 Å². The van der Waals surface area contributed by atoms with Crippen LogP contribution < -0.4 is 14.8 Å². The lowest BCUT2D eigenvalue weighted by Crippen LogP contribution is -2.39. The van der Waals surface area contributed by atoms with Gasteiger partial charge in [0.25, 0.3) is 0 Å². The summed E-state index contributed by atoms with van der Waals surface area (Å²) in [7, 11) is 0. The quantitative estimate of drug-likeness (QED) is 0.703. The van der Waals surface area contributed by atoms with Crippen LogP contribution >= 0.6 is 0 Å². The lowest BCUT2D eigenvalue weighted by Gasteiger charge is -2.34. The zero-order valence-electron chi connectivity index (χ0n) is 14.8. The fourth-order valence-corrected chi connectivity index (χ4v) is 3.15. The minimum atomic E-state index is -4.83. The summed E-state index contributed by atoms with van der Waals surface area (Å²) in [4.78, 5) is 3.58. The Labute approximate surface area is 161 Å². The number of aromatic nitrogens is 1. The molecule has 0 spiro atoms. The Hall–Kier alpha value is -2.69. The van der Waals surface area contributed by atoms with E-state index in [1.54, 1.807) is 0 Å². The molecule has 1 atom stereocenters. The van der Waals surface area contributed by atoms with Crippen molar-refractivity contribution in [2.45, 2.75) is 31.2 Å². The number of benzene rings is 1. The molecule has 158 valence electrons. The predicted molar refractivity (Wildman–Crippen MR) is 89.4 cm³/mol. The molecule has 29 heavy (non-hydrogen) atoms. The summed E-state index contributed by atoms with van der Waals surface area (Å²) >= 11 is 0. The van der Waals surface area contributed by atoms with Gasteiger partial charge in [-0.1, -0.05) is 12.1 Å². The molecule has 3 rings (SSSR count). The van der Waals surface area contributed by atoms with Gasteiger partial charge in [-0.15, -0.1) is 0 Å². The third kappa shape index (κ3) is 4.34. The Morgan fingerprint density at radius 3 is 2.72 bits per heavy atom. The van der Waals surface area contributed by atoms with Gasteiger partial charge in [-0.3, -0.25) is 0 Å². The highest BCUT2D eigenvalue weighted by Crippen LogP contribution is 2.42. The number of fused-ring (bicyclic) bond motifs is 1. The second kappa shape index (κ2) is 7.97. The zero-order valence-corrected chi connectivity index (χ0v) is 14.8. The lowest BCUT2D eigenvalue weighted by atomic mass is 9.85. The first-order valence-electron chi connectivity index (χ1n) is 8.49. The molecule has 1 aliphatic rings. The normalized spacial score (nSPS) is 19.3. The van der Waals surface area contributed by atoms with Crippen LogP contribution in [0.25, 0.3) is 0 Å². The molecule has 0 radical (unpaired) electrons. The van der Waals surface area contributed by atoms with E-state index in [0.717, 1.165) is 6.07 Å². The zero-order chi connectivity index (χ0) is 21.2. The molecular weight excluding hydrogens is 406 g/mol. The van der Waals surface area contributed by atoms with Gasteiger partial charge in [-0.25, -0.2) is 9.37 Å². The van der Waals surface area contributed by atoms with Crippen LogP contribution in [0.15, 0.2) is 30.5 Å². The molecule has 0 fully saturated rings. The van der Waals surface area contributed by atoms with E-state index >= 15 is 0 Å². The monoisotopic (exact) mass is 422 g/mol. The standard InChI is InChI=1S/C18H16F6N2O3/c19-12-4-1-3-11-14(12)28-6-2-5-17(11,9-27)26-15-13(29-16(20)21)7-10(8-25-15)18(22,23)24/h1,3-4,7-8,16,27H,2,5-6,9H2,(H,25,26). The summed E-state index contributed by atoms with van der Waals surface area (Å²) in [6.07, 6.45) is -3.87. The van der Waals surface area contributed by atoms with Crippen molar-refractivity contribution >= 4 is 5.82 Å². The van der Waals surface area contributed by atoms with Crippen molar-refractivity contribution in [3.63, 3.8) is 0 Å². The Balaban J connectivity index is 2.09. The summed E-state index contributed by atoms with van der Waals surface area (Å²) in [5.74, 6) is -2.15. The number of anilines is 1. The molecule has 2 heterocycles. The molecule has 1 aromatic carbocycles. The molecule has 1 aromatic heterocycles. The maximum Gasteiger partial charge on any atom is 0.418 e. The first-order chi connectivity index (χ1) is 13.7. The number of aliphatic hydroxyl groups is 1. The van der Waals surface area contributed by atoms with E-state index in [-0.39, 0.29) is 24.3 Å². The first kappa shape index (κ1) is 21.0. The number of para-hydroxylation sites is 1. The third-order valence-electron chi connectivity index (χ3n) is 4.50. The molecule has 0 saturated heterocycles. The number of alkyl halides is 5. The minimum absolute atomic E-state index is 0.123. The van der Waals surface area contributed by atoms with Gasteiger partial charge in [0.05, 0.1) is 24.3 Å². The number of rotatable bonds is 5. The van der Waals surface area contributed by atoms with Crippen molar-refractivity contribution in [1.29, 1.82) is 0 Å². The smallest absolute Gasteiger partial charge is 0.418 e. The summed E-state index contributed by atoms with van der Waals surface area (Å²) in [5, 5.41) is 12.8. The van der Waals surface area contributed by atoms with Crippen LogP contribution in [-0.4, -0.2) is 29.9 Å². The van der Waals surface area contributed by atoms with E-state index in [4.69, 9.17) is 4.74 Å². The van der Waals surface area contributed by atoms with Gasteiger partial charge in [-0.05, 0) is 25.0 Å². The van der Waals surface area contributed by atoms with Gasteiger partial charge in [0.15, 0.2) is 23.1 Å². The Morgan fingerprint density at radius 1 is 1.31 bits per heavy atom. The minimum Gasteiger partial charge on any atom is -0.490 e. The summed E-state index contributed by atoms with van der Waals surface area (Å²) in [5.41, 5.74) is -2.55. The second-order valence-corrected chi connectivity index (χ2v) is 6.38. The molecule has 11 heteroatoms. The number of aliphatic hydroxyl groups excluding tert-OH is 1. The van der Waals surface area contributed by atoms with Crippen molar-refractivity contribution in [2.24, 2.45) is 0 Å².